The molecular weight excluding hydrogens is 374 g/mol. The van der Waals surface area contributed by atoms with Crippen LogP contribution >= 0.6 is 0 Å². The molecule has 0 atom stereocenters. The fraction of sp³-hybridized carbons (Fsp3) is 0.450. The van der Waals surface area contributed by atoms with Gasteiger partial charge in [0, 0.05) is 31.9 Å². The molecule has 0 amide bonds. The maximum atomic E-state index is 12.9. The number of aromatic nitrogens is 5. The highest BCUT2D eigenvalue weighted by Gasteiger charge is 2.20. The van der Waals surface area contributed by atoms with E-state index in [1.54, 1.807) is 16.9 Å². The van der Waals surface area contributed by atoms with Crippen molar-refractivity contribution in [1.82, 2.24) is 23.9 Å². The summed E-state index contributed by atoms with van der Waals surface area (Å²) in [5.74, 6) is -0.449. The van der Waals surface area contributed by atoms with Crippen LogP contribution in [-0.2, 0) is 25.4 Å². The van der Waals surface area contributed by atoms with Gasteiger partial charge in [-0.15, -0.1) is 0 Å². The van der Waals surface area contributed by atoms with Crippen LogP contribution in [0.25, 0.3) is 11.0 Å². The van der Waals surface area contributed by atoms with Crippen LogP contribution in [0.4, 0.5) is 0 Å². The van der Waals surface area contributed by atoms with E-state index in [1.165, 1.54) is 24.7 Å². The van der Waals surface area contributed by atoms with Gasteiger partial charge in [0.2, 0.25) is 0 Å². The number of fused-ring (bicyclic) bond motifs is 1. The highest BCUT2D eigenvalue weighted by Crippen LogP contribution is 2.25. The van der Waals surface area contributed by atoms with E-state index in [0.29, 0.717) is 22.3 Å². The van der Waals surface area contributed by atoms with E-state index in [0.717, 1.165) is 10.3 Å². The molecule has 0 spiro atoms. The lowest BCUT2D eigenvalue weighted by molar-refractivity contribution is 0.0465. The number of carbonyl (C=O) groups is 1. The van der Waals surface area contributed by atoms with Crippen molar-refractivity contribution in [1.29, 1.82) is 0 Å². The zero-order valence-corrected chi connectivity index (χ0v) is 17.5. The van der Waals surface area contributed by atoms with Crippen LogP contribution < -0.4 is 11.2 Å². The smallest absolute Gasteiger partial charge is 0.339 e. The third-order valence-electron chi connectivity index (χ3n) is 4.86. The Morgan fingerprint density at radius 1 is 1.10 bits per heavy atom. The summed E-state index contributed by atoms with van der Waals surface area (Å²) in [7, 11) is 2.92. The van der Waals surface area contributed by atoms with Crippen LogP contribution in [0.15, 0.2) is 27.9 Å². The monoisotopic (exact) mass is 399 g/mol. The van der Waals surface area contributed by atoms with Crippen molar-refractivity contribution in [3.05, 3.63) is 56.1 Å². The first-order chi connectivity index (χ1) is 13.6. The van der Waals surface area contributed by atoms with Crippen molar-refractivity contribution in [3.63, 3.8) is 0 Å². The van der Waals surface area contributed by atoms with E-state index in [1.807, 2.05) is 27.7 Å². The molecule has 0 saturated carbocycles. The Morgan fingerprint density at radius 2 is 1.79 bits per heavy atom. The Kier molecular flexibility index (Phi) is 5.41. The molecule has 9 nitrogen and oxygen atoms in total. The molecule has 0 fully saturated rings. The number of rotatable bonds is 5. The number of nitrogens with zero attached hydrogens (tertiary/aromatic N) is 5. The minimum atomic E-state index is -0.560. The van der Waals surface area contributed by atoms with Gasteiger partial charge < -0.3 is 4.74 Å². The molecule has 3 aromatic heterocycles. The van der Waals surface area contributed by atoms with E-state index < -0.39 is 17.2 Å². The first kappa shape index (κ1) is 20.5. The maximum absolute atomic E-state index is 12.9. The molecule has 154 valence electrons. The van der Waals surface area contributed by atoms with Crippen molar-refractivity contribution >= 4 is 17.0 Å². The van der Waals surface area contributed by atoms with Gasteiger partial charge in [0.05, 0.1) is 22.8 Å². The van der Waals surface area contributed by atoms with Gasteiger partial charge in [-0.2, -0.15) is 5.10 Å². The molecule has 3 heterocycles. The lowest BCUT2D eigenvalue weighted by Gasteiger charge is -2.13. The summed E-state index contributed by atoms with van der Waals surface area (Å²) < 4.78 is 9.49. The first-order valence-corrected chi connectivity index (χ1v) is 9.43. The minimum absolute atomic E-state index is 0.0846. The fourth-order valence-corrected chi connectivity index (χ4v) is 3.01. The third-order valence-corrected chi connectivity index (χ3v) is 4.86. The normalized spacial score (nSPS) is 11.6. The van der Waals surface area contributed by atoms with Gasteiger partial charge in [0.25, 0.3) is 5.56 Å². The molecule has 3 aromatic rings. The number of carbonyl (C=O) groups excluding carboxylic acids is 1. The topological polar surface area (TPSA) is 101 Å². The summed E-state index contributed by atoms with van der Waals surface area (Å²) in [5, 5.41) is 4.96. The molecule has 0 radical (unpaired) electrons. The summed E-state index contributed by atoms with van der Waals surface area (Å²) >= 11 is 0. The predicted octanol–water partition coefficient (Wildman–Crippen LogP) is 1.89. The van der Waals surface area contributed by atoms with Gasteiger partial charge in [-0.25, -0.2) is 19.3 Å². The number of esters is 1. The Bertz CT molecular complexity index is 1200. The fourth-order valence-electron chi connectivity index (χ4n) is 3.01. The SMILES string of the molecule is CC(C)c1cc(C(=O)OCc2cc(=O)n(C)c(=O)n2C)c2cnn(C(C)C)c2n1. The number of hydrogen-bond donors (Lipinski definition) is 0. The van der Waals surface area contributed by atoms with Crippen molar-refractivity contribution in [2.24, 2.45) is 14.1 Å². The Balaban J connectivity index is 1.99. The zero-order valence-electron chi connectivity index (χ0n) is 17.5. The van der Waals surface area contributed by atoms with Gasteiger partial charge >= 0.3 is 11.7 Å². The van der Waals surface area contributed by atoms with Gasteiger partial charge in [0.1, 0.15) is 6.61 Å². The summed E-state index contributed by atoms with van der Waals surface area (Å²) in [4.78, 5) is 41.5. The number of pyridine rings is 1. The molecule has 0 saturated heterocycles. The van der Waals surface area contributed by atoms with Crippen LogP contribution in [0.2, 0.25) is 0 Å². The number of ether oxygens (including phenoxy) is 1. The molecule has 0 aromatic carbocycles. The quantitative estimate of drug-likeness (QED) is 0.607. The van der Waals surface area contributed by atoms with Crippen molar-refractivity contribution in [2.45, 2.75) is 46.3 Å². The molecule has 0 aliphatic rings. The average Bonchev–Trinajstić information content (AvgIpc) is 3.11. The van der Waals surface area contributed by atoms with E-state index in [4.69, 9.17) is 4.74 Å². The molecule has 0 bridgehead atoms. The van der Waals surface area contributed by atoms with Crippen LogP contribution in [-0.4, -0.2) is 29.9 Å². The minimum Gasteiger partial charge on any atom is -0.456 e. The molecule has 0 aliphatic heterocycles. The average molecular weight is 399 g/mol. The van der Waals surface area contributed by atoms with E-state index in [9.17, 15) is 14.4 Å². The van der Waals surface area contributed by atoms with Crippen LogP contribution in [0.1, 0.15) is 61.4 Å². The summed E-state index contributed by atoms with van der Waals surface area (Å²) in [5.41, 5.74) is 1.13. The molecule has 3 rings (SSSR count). The van der Waals surface area contributed by atoms with Crippen molar-refractivity contribution < 1.29 is 9.53 Å². The van der Waals surface area contributed by atoms with Crippen LogP contribution in [0.5, 0.6) is 0 Å². The zero-order chi connectivity index (χ0) is 21.5. The molecule has 9 heteroatoms. The van der Waals surface area contributed by atoms with Gasteiger partial charge in [-0.05, 0) is 25.8 Å². The Labute approximate surface area is 167 Å². The van der Waals surface area contributed by atoms with Gasteiger partial charge in [-0.1, -0.05) is 13.8 Å². The highest BCUT2D eigenvalue weighted by atomic mass is 16.5. The highest BCUT2D eigenvalue weighted by molar-refractivity contribution is 6.02. The predicted molar refractivity (Wildman–Crippen MR) is 108 cm³/mol. The van der Waals surface area contributed by atoms with E-state index >= 15 is 0 Å². The summed E-state index contributed by atoms with van der Waals surface area (Å²) in [6.45, 7) is 7.78. The second kappa shape index (κ2) is 7.65. The molecule has 29 heavy (non-hydrogen) atoms. The van der Waals surface area contributed by atoms with Crippen molar-refractivity contribution in [3.8, 4) is 0 Å². The first-order valence-electron chi connectivity index (χ1n) is 9.43. The van der Waals surface area contributed by atoms with Gasteiger partial charge in [-0.3, -0.25) is 13.9 Å². The Morgan fingerprint density at radius 3 is 2.41 bits per heavy atom. The van der Waals surface area contributed by atoms with Gasteiger partial charge in [0.15, 0.2) is 5.65 Å². The molecule has 0 N–H and O–H groups in total. The second-order valence-corrected chi connectivity index (χ2v) is 7.62. The third kappa shape index (κ3) is 3.72. The van der Waals surface area contributed by atoms with Crippen LogP contribution in [0, 0.1) is 0 Å². The maximum Gasteiger partial charge on any atom is 0.339 e. The lowest BCUT2D eigenvalue weighted by atomic mass is 10.1. The largest absolute Gasteiger partial charge is 0.456 e. The van der Waals surface area contributed by atoms with E-state index in [2.05, 4.69) is 10.1 Å². The van der Waals surface area contributed by atoms with E-state index in [-0.39, 0.29) is 18.6 Å². The molecule has 0 unspecified atom stereocenters. The van der Waals surface area contributed by atoms with Crippen LogP contribution in [0.3, 0.4) is 0 Å². The molecule has 0 aliphatic carbocycles. The standard InChI is InChI=1S/C20H25N5O4/c1-11(2)16-8-14(15-9-21-25(12(3)4)18(15)22-16)19(27)29-10-13-7-17(26)24(6)20(28)23(13)5/h7-9,11-12H,10H2,1-6H3. The lowest BCUT2D eigenvalue weighted by Crippen LogP contribution is -2.38. The second-order valence-electron chi connectivity index (χ2n) is 7.62. The number of hydrogen-bond acceptors (Lipinski definition) is 6. The van der Waals surface area contributed by atoms with Crippen molar-refractivity contribution in [2.75, 3.05) is 0 Å². The molecular formula is C20H25N5O4. The Hall–Kier alpha value is -3.23. The summed E-state index contributed by atoms with van der Waals surface area (Å²) in [6.07, 6.45) is 1.61. The summed E-state index contributed by atoms with van der Waals surface area (Å²) in [6, 6.07) is 3.08.